The van der Waals surface area contributed by atoms with E-state index in [2.05, 4.69) is 21.3 Å². The zero-order valence-electron chi connectivity index (χ0n) is 21.2. The molecule has 3 rings (SSSR count). The Labute approximate surface area is 231 Å². The number of amides is 5. The van der Waals surface area contributed by atoms with Gasteiger partial charge in [-0.3, -0.25) is 24.0 Å². The van der Waals surface area contributed by atoms with Crippen molar-refractivity contribution in [3.63, 3.8) is 0 Å². The molecule has 2 aliphatic heterocycles. The van der Waals surface area contributed by atoms with Gasteiger partial charge in [-0.2, -0.15) is 0 Å². The lowest BCUT2D eigenvalue weighted by atomic mass is 10.0. The van der Waals surface area contributed by atoms with Crippen LogP contribution in [0.25, 0.3) is 0 Å². The molecule has 1 aromatic carbocycles. The van der Waals surface area contributed by atoms with Crippen molar-refractivity contribution in [1.29, 1.82) is 0 Å². The van der Waals surface area contributed by atoms with Gasteiger partial charge in [-0.25, -0.2) is 0 Å². The summed E-state index contributed by atoms with van der Waals surface area (Å²) in [6.45, 7) is 2.64. The second kappa shape index (κ2) is 13.3. The lowest BCUT2D eigenvalue weighted by Crippen LogP contribution is -2.60. The first-order chi connectivity index (χ1) is 18.1. The number of carbonyl (C=O) groups is 5. The van der Waals surface area contributed by atoms with Crippen LogP contribution in [0.3, 0.4) is 0 Å². The molecule has 2 saturated heterocycles. The maximum Gasteiger partial charge on any atom is 0.245 e. The number of rotatable bonds is 4. The summed E-state index contributed by atoms with van der Waals surface area (Å²) in [5, 5.41) is 18.6. The molecule has 2 heterocycles. The number of nitrogens with one attached hydrogen (secondary N) is 4. The minimum Gasteiger partial charge on any atom is -0.394 e. The minimum atomic E-state index is -1.34. The molecule has 7 atom stereocenters. The van der Waals surface area contributed by atoms with Gasteiger partial charge in [0.25, 0.3) is 0 Å². The van der Waals surface area contributed by atoms with Crippen LogP contribution in [0.2, 0.25) is 0 Å². The van der Waals surface area contributed by atoms with Gasteiger partial charge in [0, 0.05) is 6.54 Å². The summed E-state index contributed by atoms with van der Waals surface area (Å²) in [4.78, 5) is 67.0. The average Bonchev–Trinajstić information content (AvgIpc) is 3.21. The Kier molecular flexibility index (Phi) is 10.3. The van der Waals surface area contributed by atoms with Crippen molar-refractivity contribution in [2.45, 2.75) is 74.1 Å². The summed E-state index contributed by atoms with van der Waals surface area (Å²) >= 11 is 12.8. The number of aliphatic hydroxyl groups is 1. The second-order valence-electron chi connectivity index (χ2n) is 9.31. The van der Waals surface area contributed by atoms with Crippen molar-refractivity contribution in [3.05, 3.63) is 35.9 Å². The van der Waals surface area contributed by atoms with E-state index >= 15 is 0 Å². The highest BCUT2D eigenvalue weighted by molar-refractivity contribution is 6.32. The number of hydrogen-bond donors (Lipinski definition) is 5. The smallest absolute Gasteiger partial charge is 0.245 e. The summed E-state index contributed by atoms with van der Waals surface area (Å²) in [5.41, 5.74) is 0.618. The predicted molar refractivity (Wildman–Crippen MR) is 140 cm³/mol. The van der Waals surface area contributed by atoms with E-state index in [0.29, 0.717) is 5.56 Å². The van der Waals surface area contributed by atoms with E-state index < -0.39 is 77.1 Å². The number of halogens is 2. The first-order valence-electron chi connectivity index (χ1n) is 12.6. The normalized spacial score (nSPS) is 31.7. The van der Waals surface area contributed by atoms with Crippen molar-refractivity contribution in [3.8, 4) is 0 Å². The maximum absolute atomic E-state index is 13.5. The summed E-state index contributed by atoms with van der Waals surface area (Å²) in [5.74, 6) is -3.16. The van der Waals surface area contributed by atoms with E-state index in [-0.39, 0.29) is 25.8 Å². The van der Waals surface area contributed by atoms with Gasteiger partial charge >= 0.3 is 0 Å². The number of hydrogen-bond acceptors (Lipinski definition) is 6. The first-order valence-corrected chi connectivity index (χ1v) is 13.4. The van der Waals surface area contributed by atoms with E-state index in [1.54, 1.807) is 44.2 Å². The molecule has 0 saturated carbocycles. The molecule has 0 aliphatic carbocycles. The van der Waals surface area contributed by atoms with Gasteiger partial charge in [-0.05, 0) is 18.4 Å². The molecule has 0 bridgehead atoms. The van der Waals surface area contributed by atoms with Crippen LogP contribution in [0, 0.1) is 0 Å². The fraction of sp³-hybridized carbons (Fsp3) is 0.560. The number of fused-ring (bicyclic) bond motifs is 1. The van der Waals surface area contributed by atoms with Gasteiger partial charge in [0.2, 0.25) is 29.5 Å². The van der Waals surface area contributed by atoms with Crippen molar-refractivity contribution < 1.29 is 29.1 Å². The molecule has 1 aromatic rings. The minimum absolute atomic E-state index is 0.0166. The molecular formula is C25H33Cl2N5O6. The van der Waals surface area contributed by atoms with E-state index in [0.717, 1.165) is 0 Å². The lowest BCUT2D eigenvalue weighted by Gasteiger charge is -2.31. The Morgan fingerprint density at radius 3 is 2.05 bits per heavy atom. The topological polar surface area (TPSA) is 157 Å². The Balaban J connectivity index is 2.00. The van der Waals surface area contributed by atoms with Gasteiger partial charge in [0.1, 0.15) is 24.2 Å². The number of nitrogens with zero attached hydrogens (tertiary/aromatic N) is 1. The van der Waals surface area contributed by atoms with Crippen molar-refractivity contribution in [2.24, 2.45) is 0 Å². The summed E-state index contributed by atoms with van der Waals surface area (Å²) in [7, 11) is 0. The van der Waals surface area contributed by atoms with Gasteiger partial charge in [-0.1, -0.05) is 44.2 Å². The summed E-state index contributed by atoms with van der Waals surface area (Å²) < 4.78 is 0. The summed E-state index contributed by atoms with van der Waals surface area (Å²) in [6, 6.07) is 3.36. The van der Waals surface area contributed by atoms with Crippen LogP contribution in [0.5, 0.6) is 0 Å². The molecule has 0 unspecified atom stereocenters. The Bertz CT molecular complexity index is 1040. The van der Waals surface area contributed by atoms with E-state index in [4.69, 9.17) is 23.2 Å². The molecule has 38 heavy (non-hydrogen) atoms. The molecule has 5 amide bonds. The number of aliphatic hydroxyl groups excluding tert-OH is 1. The molecule has 5 N–H and O–H groups in total. The highest BCUT2D eigenvalue weighted by atomic mass is 35.5. The van der Waals surface area contributed by atoms with Crippen molar-refractivity contribution >= 4 is 52.7 Å². The SMILES string of the molecule is CC[C@@H]1NC(=O)[C@@H]2[C@H](Cl)[C@H](Cl)CN2C(=O)[C@H](CC)NC(=O)C[C@H](c2ccccc2)NC(=O)[C@H](CO)NC1=O. The fourth-order valence-corrected chi connectivity index (χ4v) is 5.17. The van der Waals surface area contributed by atoms with E-state index in [1.807, 2.05) is 0 Å². The molecule has 0 spiro atoms. The Morgan fingerprint density at radius 2 is 1.45 bits per heavy atom. The maximum atomic E-state index is 13.5. The molecule has 0 aromatic heterocycles. The highest BCUT2D eigenvalue weighted by Gasteiger charge is 2.48. The van der Waals surface area contributed by atoms with Crippen LogP contribution in [-0.2, 0) is 24.0 Å². The highest BCUT2D eigenvalue weighted by Crippen LogP contribution is 2.29. The average molecular weight is 570 g/mol. The van der Waals surface area contributed by atoms with Crippen molar-refractivity contribution in [1.82, 2.24) is 26.2 Å². The number of benzene rings is 1. The van der Waals surface area contributed by atoms with Crippen LogP contribution in [0.4, 0.5) is 0 Å². The lowest BCUT2D eigenvalue weighted by molar-refractivity contribution is -0.142. The third-order valence-electron chi connectivity index (χ3n) is 6.71. The molecule has 2 fully saturated rings. The van der Waals surface area contributed by atoms with Crippen LogP contribution < -0.4 is 21.3 Å². The zero-order valence-corrected chi connectivity index (χ0v) is 22.7. The second-order valence-corrected chi connectivity index (χ2v) is 10.4. The summed E-state index contributed by atoms with van der Waals surface area (Å²) in [6.07, 6.45) is 0.170. The molecular weight excluding hydrogens is 537 g/mol. The fourth-order valence-electron chi connectivity index (χ4n) is 4.55. The molecule has 208 valence electrons. The van der Waals surface area contributed by atoms with Crippen molar-refractivity contribution in [2.75, 3.05) is 13.2 Å². The molecule has 13 heteroatoms. The van der Waals surface area contributed by atoms with E-state index in [1.165, 1.54) is 4.90 Å². The Morgan fingerprint density at radius 1 is 0.842 bits per heavy atom. The number of carbonyl (C=O) groups excluding carboxylic acids is 5. The molecule has 11 nitrogen and oxygen atoms in total. The monoisotopic (exact) mass is 569 g/mol. The van der Waals surface area contributed by atoms with Gasteiger partial charge < -0.3 is 31.3 Å². The van der Waals surface area contributed by atoms with Crippen LogP contribution in [-0.4, -0.2) is 87.6 Å². The molecule has 0 radical (unpaired) electrons. The molecule has 2 aliphatic rings. The largest absolute Gasteiger partial charge is 0.394 e. The van der Waals surface area contributed by atoms with Gasteiger partial charge in [0.05, 0.1) is 29.8 Å². The first kappa shape index (κ1) is 29.7. The third-order valence-corrected chi connectivity index (χ3v) is 7.79. The third kappa shape index (κ3) is 6.75. The van der Waals surface area contributed by atoms with Crippen LogP contribution in [0.1, 0.15) is 44.7 Å². The quantitative estimate of drug-likeness (QED) is 0.320. The predicted octanol–water partition coefficient (Wildman–Crippen LogP) is -0.0601. The van der Waals surface area contributed by atoms with Gasteiger partial charge in [0.15, 0.2) is 0 Å². The Hall–Kier alpha value is -2.89. The van der Waals surface area contributed by atoms with Crippen LogP contribution in [0.15, 0.2) is 30.3 Å². The van der Waals surface area contributed by atoms with Gasteiger partial charge in [-0.15, -0.1) is 23.2 Å². The standard InChI is InChI=1S/C25H33Cl2N5O6/c1-3-15-22(35)31-18(12-33)23(36)30-17(13-8-6-5-7-9-13)10-19(34)28-16(4-2)25(38)32-11-14(26)20(27)21(32)24(37)29-15/h5-9,14-18,20-21,33H,3-4,10-12H2,1-2H3,(H,28,34)(H,29,37)(H,30,36)(H,31,35)/t14-,15+,16+,17-,18+,20-,21+/m1/s1. The number of alkyl halides is 2. The zero-order chi connectivity index (χ0) is 28.0. The van der Waals surface area contributed by atoms with E-state index in [9.17, 15) is 29.1 Å². The van der Waals surface area contributed by atoms with Crippen LogP contribution >= 0.6 is 23.2 Å².